The Hall–Kier alpha value is -3.76. The number of nitrogen functional groups attached to an aromatic ring is 3. The van der Waals surface area contributed by atoms with E-state index in [9.17, 15) is 13.2 Å². The normalized spacial score (nSPS) is 10.5. The average molecular weight is 430 g/mol. The maximum absolute atomic E-state index is 12.0. The van der Waals surface area contributed by atoms with E-state index in [-0.39, 0.29) is 10.8 Å². The molecule has 0 radical (unpaired) electrons. The molecule has 3 aromatic rings. The van der Waals surface area contributed by atoms with Crippen LogP contribution in [0, 0.1) is 0 Å². The predicted octanol–water partition coefficient (Wildman–Crippen LogP) is 2.63. The van der Waals surface area contributed by atoms with Gasteiger partial charge in [-0.1, -0.05) is 0 Å². The fourth-order valence-electron chi connectivity index (χ4n) is 2.28. The summed E-state index contributed by atoms with van der Waals surface area (Å²) in [7, 11) is -2.55. The third-order valence-corrected chi connectivity index (χ3v) is 4.69. The second kappa shape index (κ2) is 9.63. The quantitative estimate of drug-likeness (QED) is 0.310. The molecule has 0 fully saturated rings. The molecule has 8 N–H and O–H groups in total. The first-order valence-electron chi connectivity index (χ1n) is 8.53. The fraction of sp³-hybridized carbons (Fsp3) is 0.0500. The molecular weight excluding hydrogens is 408 g/mol. The number of nitrogens with two attached hydrogens (primary N) is 3. The topological polar surface area (TPSA) is 171 Å². The lowest BCUT2D eigenvalue weighted by atomic mass is 10.2. The van der Waals surface area contributed by atoms with E-state index in [1.807, 2.05) is 0 Å². The van der Waals surface area contributed by atoms with Gasteiger partial charge in [-0.15, -0.1) is 0 Å². The summed E-state index contributed by atoms with van der Waals surface area (Å²) in [6, 6.07) is 17.0. The number of hydrogen-bond donors (Lipinski definition) is 5. The van der Waals surface area contributed by atoms with Gasteiger partial charge in [0.25, 0.3) is 16.0 Å². The molecule has 0 saturated carbocycles. The van der Waals surface area contributed by atoms with Crippen molar-refractivity contribution in [2.75, 3.05) is 29.6 Å². The monoisotopic (exact) mass is 430 g/mol. The van der Waals surface area contributed by atoms with Crippen LogP contribution in [0.25, 0.3) is 0 Å². The lowest BCUT2D eigenvalue weighted by Gasteiger charge is -2.10. The molecule has 0 spiro atoms. The van der Waals surface area contributed by atoms with E-state index >= 15 is 0 Å². The van der Waals surface area contributed by atoms with Crippen LogP contribution in [0.15, 0.2) is 71.6 Å². The first-order valence-corrected chi connectivity index (χ1v) is 9.97. The minimum Gasteiger partial charge on any atom is -0.494 e. The van der Waals surface area contributed by atoms with Gasteiger partial charge in [0, 0.05) is 28.7 Å². The number of anilines is 4. The molecule has 30 heavy (non-hydrogen) atoms. The van der Waals surface area contributed by atoms with E-state index in [0.29, 0.717) is 34.1 Å². The minimum absolute atomic E-state index is 0.147. The van der Waals surface area contributed by atoms with E-state index in [1.54, 1.807) is 42.5 Å². The average Bonchev–Trinajstić information content (AvgIpc) is 2.70. The summed E-state index contributed by atoms with van der Waals surface area (Å²) < 4.78 is 34.6. The molecule has 0 unspecified atom stereocenters. The van der Waals surface area contributed by atoms with Gasteiger partial charge in [-0.3, -0.25) is 9.35 Å². The number of hydrogen-bond acceptors (Lipinski definition) is 7. The van der Waals surface area contributed by atoms with Crippen molar-refractivity contribution in [3.63, 3.8) is 0 Å². The second-order valence-corrected chi connectivity index (χ2v) is 7.50. The summed E-state index contributed by atoms with van der Waals surface area (Å²) in [6.45, 7) is 0. The molecule has 1 amide bonds. The highest BCUT2D eigenvalue weighted by molar-refractivity contribution is 7.85. The molecule has 158 valence electrons. The van der Waals surface area contributed by atoms with Crippen LogP contribution in [0.1, 0.15) is 10.4 Å². The Bertz CT molecular complexity index is 1110. The highest BCUT2D eigenvalue weighted by atomic mass is 32.2. The summed E-state index contributed by atoms with van der Waals surface area (Å²) in [6.07, 6.45) is 0. The van der Waals surface area contributed by atoms with E-state index < -0.39 is 10.1 Å². The Balaban J connectivity index is 0.000000248. The maximum Gasteiger partial charge on any atom is 0.294 e. The van der Waals surface area contributed by atoms with Gasteiger partial charge >= 0.3 is 0 Å². The van der Waals surface area contributed by atoms with Crippen molar-refractivity contribution in [2.24, 2.45) is 0 Å². The summed E-state index contributed by atoms with van der Waals surface area (Å²) >= 11 is 0. The number of benzene rings is 3. The largest absolute Gasteiger partial charge is 0.494 e. The maximum atomic E-state index is 12.0. The molecule has 9 nitrogen and oxygen atoms in total. The van der Waals surface area contributed by atoms with Gasteiger partial charge in [0.2, 0.25) is 0 Å². The predicted molar refractivity (Wildman–Crippen MR) is 117 cm³/mol. The number of amides is 1. The number of ether oxygens (including phenoxy) is 1. The highest BCUT2D eigenvalue weighted by Gasteiger charge is 2.10. The molecule has 0 aromatic heterocycles. The van der Waals surface area contributed by atoms with Gasteiger partial charge in [-0.2, -0.15) is 8.42 Å². The lowest BCUT2D eigenvalue weighted by molar-refractivity contribution is 0.102. The number of rotatable bonds is 4. The highest BCUT2D eigenvalue weighted by Crippen LogP contribution is 2.27. The SMILES string of the molecule is COc1cc(N)ccc1NC(=O)c1ccc(N)cc1.Nc1ccc(S(=O)(=O)O)cc1. The van der Waals surface area contributed by atoms with Crippen LogP contribution in [0.4, 0.5) is 22.7 Å². The van der Waals surface area contributed by atoms with Crippen LogP contribution < -0.4 is 27.3 Å². The second-order valence-electron chi connectivity index (χ2n) is 6.08. The number of carbonyl (C=O) groups excluding carboxylic acids is 1. The molecule has 0 atom stereocenters. The first kappa shape index (κ1) is 22.5. The molecular formula is C20H22N4O5S. The van der Waals surface area contributed by atoms with Gasteiger partial charge in [-0.05, 0) is 60.7 Å². The van der Waals surface area contributed by atoms with Crippen LogP contribution in [0.2, 0.25) is 0 Å². The van der Waals surface area contributed by atoms with Crippen molar-refractivity contribution in [1.82, 2.24) is 0 Å². The van der Waals surface area contributed by atoms with Gasteiger partial charge in [0.1, 0.15) is 5.75 Å². The molecule has 0 saturated heterocycles. The van der Waals surface area contributed by atoms with E-state index in [1.165, 1.54) is 31.4 Å². The van der Waals surface area contributed by atoms with Crippen molar-refractivity contribution < 1.29 is 22.5 Å². The van der Waals surface area contributed by atoms with Crippen LogP contribution in [0.5, 0.6) is 5.75 Å². The van der Waals surface area contributed by atoms with Crippen molar-refractivity contribution in [3.8, 4) is 5.75 Å². The number of methoxy groups -OCH3 is 1. The van der Waals surface area contributed by atoms with E-state index in [0.717, 1.165) is 0 Å². The molecule has 3 aromatic carbocycles. The lowest BCUT2D eigenvalue weighted by Crippen LogP contribution is -2.12. The smallest absolute Gasteiger partial charge is 0.294 e. The molecule has 0 aliphatic rings. The van der Waals surface area contributed by atoms with Crippen LogP contribution in [0.3, 0.4) is 0 Å². The van der Waals surface area contributed by atoms with Gasteiger partial charge < -0.3 is 27.3 Å². The number of carbonyl (C=O) groups is 1. The zero-order valence-electron chi connectivity index (χ0n) is 16.1. The van der Waals surface area contributed by atoms with Crippen molar-refractivity contribution in [3.05, 3.63) is 72.3 Å². The Morgan fingerprint density at radius 2 is 1.37 bits per heavy atom. The zero-order valence-corrected chi connectivity index (χ0v) is 16.9. The molecule has 0 bridgehead atoms. The zero-order chi connectivity index (χ0) is 22.3. The minimum atomic E-state index is -4.08. The molecule has 0 aliphatic heterocycles. The molecule has 0 heterocycles. The standard InChI is InChI=1S/C14H15N3O2.C6H7NO3S/c1-19-13-8-11(16)6-7-12(13)17-14(18)9-2-4-10(15)5-3-9;7-5-1-3-6(4-2-5)11(8,9)10/h2-8H,15-16H2,1H3,(H,17,18);1-4H,7H2,(H,8,9,10). The first-order chi connectivity index (χ1) is 14.1. The van der Waals surface area contributed by atoms with Gasteiger partial charge in [0.15, 0.2) is 0 Å². The third-order valence-electron chi connectivity index (χ3n) is 3.82. The third kappa shape index (κ3) is 6.40. The van der Waals surface area contributed by atoms with E-state index in [2.05, 4.69) is 5.32 Å². The Morgan fingerprint density at radius 3 is 1.87 bits per heavy atom. The summed E-state index contributed by atoms with van der Waals surface area (Å²) in [5, 5.41) is 2.76. The number of nitrogens with one attached hydrogen (secondary N) is 1. The van der Waals surface area contributed by atoms with Gasteiger partial charge in [0.05, 0.1) is 17.7 Å². The van der Waals surface area contributed by atoms with E-state index in [4.69, 9.17) is 26.5 Å². The van der Waals surface area contributed by atoms with Crippen molar-refractivity contribution in [1.29, 1.82) is 0 Å². The fourth-order valence-corrected chi connectivity index (χ4v) is 2.76. The summed E-state index contributed by atoms with van der Waals surface area (Å²) in [4.78, 5) is 11.9. The Kier molecular flexibility index (Phi) is 7.23. The molecule has 0 aliphatic carbocycles. The van der Waals surface area contributed by atoms with Gasteiger partial charge in [-0.25, -0.2) is 0 Å². The summed E-state index contributed by atoms with van der Waals surface area (Å²) in [5.74, 6) is 0.284. The molecule has 3 rings (SSSR count). The molecule has 10 heteroatoms. The summed E-state index contributed by atoms with van der Waals surface area (Å²) in [5.41, 5.74) is 19.3. The van der Waals surface area contributed by atoms with Crippen LogP contribution in [-0.4, -0.2) is 26.0 Å². The van der Waals surface area contributed by atoms with Crippen molar-refractivity contribution >= 4 is 38.8 Å². The Morgan fingerprint density at radius 1 is 0.867 bits per heavy atom. The Labute approximate surface area is 174 Å². The van der Waals surface area contributed by atoms with Crippen molar-refractivity contribution in [2.45, 2.75) is 4.90 Å². The van der Waals surface area contributed by atoms with Crippen LogP contribution in [-0.2, 0) is 10.1 Å². The van der Waals surface area contributed by atoms with Crippen LogP contribution >= 0.6 is 0 Å².